The van der Waals surface area contributed by atoms with Gasteiger partial charge in [-0.1, -0.05) is 6.07 Å². The van der Waals surface area contributed by atoms with E-state index in [0.29, 0.717) is 5.56 Å². The zero-order valence-corrected chi connectivity index (χ0v) is 9.12. The molecule has 0 bridgehead atoms. The molecular formula is C14H10N3+. The van der Waals surface area contributed by atoms with E-state index in [-0.39, 0.29) is 0 Å². The molecule has 0 aliphatic heterocycles. The maximum Gasteiger partial charge on any atom is 0.254 e. The van der Waals surface area contributed by atoms with Crippen LogP contribution < -0.4 is 4.57 Å². The molecule has 2 aromatic heterocycles. The predicted molar refractivity (Wildman–Crippen MR) is 63.6 cm³/mol. The zero-order valence-electron chi connectivity index (χ0n) is 9.12. The van der Waals surface area contributed by atoms with Gasteiger partial charge in [0, 0.05) is 0 Å². The van der Waals surface area contributed by atoms with E-state index in [4.69, 9.17) is 5.26 Å². The van der Waals surface area contributed by atoms with Crippen LogP contribution in [0.15, 0.2) is 61.2 Å². The van der Waals surface area contributed by atoms with E-state index in [0.717, 1.165) is 11.2 Å². The van der Waals surface area contributed by atoms with Crippen molar-refractivity contribution < 1.29 is 4.57 Å². The van der Waals surface area contributed by atoms with Crippen LogP contribution in [0, 0.1) is 11.3 Å². The van der Waals surface area contributed by atoms with Gasteiger partial charge in [-0.05, 0) is 36.4 Å². The van der Waals surface area contributed by atoms with Gasteiger partial charge in [-0.3, -0.25) is 0 Å². The fourth-order valence-corrected chi connectivity index (χ4v) is 1.84. The molecule has 0 saturated heterocycles. The van der Waals surface area contributed by atoms with Crippen LogP contribution in [0.2, 0.25) is 0 Å². The highest BCUT2D eigenvalue weighted by molar-refractivity contribution is 5.43. The molecule has 1 aromatic carbocycles. The fourth-order valence-electron chi connectivity index (χ4n) is 1.84. The molecule has 80 valence electrons. The van der Waals surface area contributed by atoms with Gasteiger partial charge in [0.15, 0.2) is 5.52 Å². The number of benzene rings is 1. The maximum atomic E-state index is 8.75. The monoisotopic (exact) mass is 220 g/mol. The molecule has 0 fully saturated rings. The fraction of sp³-hybridized carbons (Fsp3) is 0. The van der Waals surface area contributed by atoms with Crippen LogP contribution in [-0.4, -0.2) is 4.40 Å². The Balaban J connectivity index is 2.11. The molecule has 0 aliphatic carbocycles. The third-order valence-electron chi connectivity index (χ3n) is 2.74. The summed E-state index contributed by atoms with van der Waals surface area (Å²) in [4.78, 5) is 0. The Kier molecular flexibility index (Phi) is 2.13. The van der Waals surface area contributed by atoms with Gasteiger partial charge in [0.05, 0.1) is 17.8 Å². The largest absolute Gasteiger partial charge is 0.254 e. The highest BCUT2D eigenvalue weighted by Crippen LogP contribution is 2.05. The predicted octanol–water partition coefficient (Wildman–Crippen LogP) is 2.09. The molecule has 0 N–H and O–H groups in total. The van der Waals surface area contributed by atoms with Gasteiger partial charge in [-0.2, -0.15) is 5.26 Å². The van der Waals surface area contributed by atoms with Gasteiger partial charge < -0.3 is 0 Å². The van der Waals surface area contributed by atoms with Crippen molar-refractivity contribution >= 4 is 5.52 Å². The average molecular weight is 220 g/mol. The summed E-state index contributed by atoms with van der Waals surface area (Å²) in [6.07, 6.45) is 6.08. The SMILES string of the molecule is N#Cc1ccc(-[n+]2cc3ccccn3c2)cc1. The second kappa shape index (κ2) is 3.76. The second-order valence-corrected chi connectivity index (χ2v) is 3.84. The van der Waals surface area contributed by atoms with Gasteiger partial charge >= 0.3 is 0 Å². The standard InChI is InChI=1S/C14H10N3/c15-9-12-4-6-13(7-5-12)17-10-14-3-1-2-8-16(14)11-17/h1-8,10-11H/q+1. The summed E-state index contributed by atoms with van der Waals surface area (Å²) in [6, 6.07) is 15.7. The lowest BCUT2D eigenvalue weighted by atomic mass is 10.2. The molecule has 0 atom stereocenters. The number of pyridine rings is 1. The van der Waals surface area contributed by atoms with Crippen LogP contribution in [0.1, 0.15) is 5.56 Å². The van der Waals surface area contributed by atoms with Crippen molar-refractivity contribution in [3.05, 3.63) is 66.7 Å². The molecule has 3 aromatic rings. The summed E-state index contributed by atoms with van der Waals surface area (Å²) < 4.78 is 4.09. The average Bonchev–Trinajstić information content (AvgIpc) is 2.82. The Bertz CT molecular complexity index is 669. The molecule has 0 radical (unpaired) electrons. The van der Waals surface area contributed by atoms with Crippen molar-refractivity contribution in [3.63, 3.8) is 0 Å². The van der Waals surface area contributed by atoms with Gasteiger partial charge in [-0.15, -0.1) is 0 Å². The van der Waals surface area contributed by atoms with E-state index < -0.39 is 0 Å². The van der Waals surface area contributed by atoms with Crippen LogP contribution in [0.25, 0.3) is 11.2 Å². The van der Waals surface area contributed by atoms with E-state index in [1.54, 1.807) is 0 Å². The molecule has 17 heavy (non-hydrogen) atoms. The first-order valence-corrected chi connectivity index (χ1v) is 5.35. The number of hydrogen-bond donors (Lipinski definition) is 0. The minimum atomic E-state index is 0.679. The third-order valence-corrected chi connectivity index (χ3v) is 2.74. The van der Waals surface area contributed by atoms with Crippen molar-refractivity contribution in [1.82, 2.24) is 4.40 Å². The molecule has 3 rings (SSSR count). The molecule has 0 aliphatic rings. The number of nitrogens with zero attached hydrogens (tertiary/aromatic N) is 3. The molecule has 2 heterocycles. The van der Waals surface area contributed by atoms with Crippen LogP contribution in [0.5, 0.6) is 0 Å². The summed E-state index contributed by atoms with van der Waals surface area (Å²) >= 11 is 0. The van der Waals surface area contributed by atoms with Crippen LogP contribution in [0.4, 0.5) is 0 Å². The van der Waals surface area contributed by atoms with Crippen molar-refractivity contribution in [2.45, 2.75) is 0 Å². The van der Waals surface area contributed by atoms with E-state index in [2.05, 4.69) is 22.7 Å². The minimum Gasteiger partial charge on any atom is -0.202 e. The Morgan fingerprint density at radius 1 is 1.06 bits per heavy atom. The second-order valence-electron chi connectivity index (χ2n) is 3.84. The highest BCUT2D eigenvalue weighted by atomic mass is 15.1. The van der Waals surface area contributed by atoms with Crippen molar-refractivity contribution in [3.8, 4) is 11.8 Å². The first-order chi connectivity index (χ1) is 8.36. The number of imidazole rings is 1. The van der Waals surface area contributed by atoms with E-state index in [9.17, 15) is 0 Å². The lowest BCUT2D eigenvalue weighted by molar-refractivity contribution is -0.594. The van der Waals surface area contributed by atoms with E-state index in [1.807, 2.05) is 53.5 Å². The summed E-state index contributed by atoms with van der Waals surface area (Å²) in [5.74, 6) is 0. The van der Waals surface area contributed by atoms with E-state index >= 15 is 0 Å². The molecular weight excluding hydrogens is 210 g/mol. The molecule has 3 heteroatoms. The van der Waals surface area contributed by atoms with Crippen LogP contribution in [0.3, 0.4) is 0 Å². The Morgan fingerprint density at radius 3 is 2.59 bits per heavy atom. The topological polar surface area (TPSA) is 32.1 Å². The molecule has 0 saturated carbocycles. The Morgan fingerprint density at radius 2 is 1.88 bits per heavy atom. The molecule has 3 nitrogen and oxygen atoms in total. The Labute approximate surface area is 98.8 Å². The number of hydrogen-bond acceptors (Lipinski definition) is 1. The van der Waals surface area contributed by atoms with E-state index in [1.165, 1.54) is 0 Å². The van der Waals surface area contributed by atoms with Gasteiger partial charge in [0.1, 0.15) is 11.9 Å². The normalized spacial score (nSPS) is 10.3. The third kappa shape index (κ3) is 1.66. The highest BCUT2D eigenvalue weighted by Gasteiger charge is 2.07. The summed E-state index contributed by atoms with van der Waals surface area (Å²) in [5, 5.41) is 8.75. The quantitative estimate of drug-likeness (QED) is 0.578. The Hall–Kier alpha value is -2.60. The van der Waals surface area contributed by atoms with Gasteiger partial charge in [0.2, 0.25) is 0 Å². The summed E-state index contributed by atoms with van der Waals surface area (Å²) in [6.45, 7) is 0. The van der Waals surface area contributed by atoms with Crippen molar-refractivity contribution in [2.24, 2.45) is 0 Å². The lowest BCUT2D eigenvalue weighted by Gasteiger charge is -1.93. The first kappa shape index (κ1) is 9.61. The van der Waals surface area contributed by atoms with Crippen molar-refractivity contribution in [2.75, 3.05) is 0 Å². The number of rotatable bonds is 1. The minimum absolute atomic E-state index is 0.679. The van der Waals surface area contributed by atoms with Crippen LogP contribution >= 0.6 is 0 Å². The zero-order chi connectivity index (χ0) is 11.7. The number of aromatic nitrogens is 2. The molecule has 0 spiro atoms. The van der Waals surface area contributed by atoms with Gasteiger partial charge in [0.25, 0.3) is 6.33 Å². The van der Waals surface area contributed by atoms with Crippen molar-refractivity contribution in [1.29, 1.82) is 5.26 Å². The maximum absolute atomic E-state index is 8.75. The number of nitriles is 1. The van der Waals surface area contributed by atoms with Crippen LogP contribution in [-0.2, 0) is 0 Å². The van der Waals surface area contributed by atoms with Gasteiger partial charge in [-0.25, -0.2) is 8.97 Å². The summed E-state index contributed by atoms with van der Waals surface area (Å²) in [7, 11) is 0. The first-order valence-electron chi connectivity index (χ1n) is 5.35. The molecule has 0 amide bonds. The smallest absolute Gasteiger partial charge is 0.202 e. The molecule has 0 unspecified atom stereocenters. The number of fused-ring (bicyclic) bond motifs is 1. The summed E-state index contributed by atoms with van der Waals surface area (Å²) in [5.41, 5.74) is 2.86. The lowest BCUT2D eigenvalue weighted by Crippen LogP contribution is -2.26.